The highest BCUT2D eigenvalue weighted by Crippen LogP contribution is 2.35. The Morgan fingerprint density at radius 2 is 1.96 bits per heavy atom. The van der Waals surface area contributed by atoms with Crippen molar-refractivity contribution in [2.45, 2.75) is 11.0 Å². The van der Waals surface area contributed by atoms with Crippen molar-refractivity contribution in [3.05, 3.63) is 54.2 Å². The molecule has 5 rings (SSSR count). The molecular weight excluding hydrogens is 338 g/mol. The first-order valence-corrected chi connectivity index (χ1v) is 8.77. The van der Waals surface area contributed by atoms with Crippen LogP contribution in [0.1, 0.15) is 5.56 Å². The van der Waals surface area contributed by atoms with E-state index in [2.05, 4.69) is 15.2 Å². The number of rotatable bonds is 4. The molecule has 0 saturated heterocycles. The smallest absolute Gasteiger partial charge is 0.277 e. The van der Waals surface area contributed by atoms with Gasteiger partial charge in [-0.15, -0.1) is 10.2 Å². The molecule has 0 saturated carbocycles. The molecule has 3 heterocycles. The summed E-state index contributed by atoms with van der Waals surface area (Å²) >= 11 is 1.50. The van der Waals surface area contributed by atoms with Crippen LogP contribution in [-0.2, 0) is 5.75 Å². The number of aromatic nitrogens is 3. The molecule has 7 heteroatoms. The minimum Gasteiger partial charge on any atom is -0.454 e. The summed E-state index contributed by atoms with van der Waals surface area (Å²) < 4.78 is 16.5. The molecule has 2 aromatic carbocycles. The Morgan fingerprint density at radius 3 is 2.96 bits per heavy atom. The summed E-state index contributed by atoms with van der Waals surface area (Å²) in [6.45, 7) is 0.281. The number of ether oxygens (including phenoxy) is 2. The van der Waals surface area contributed by atoms with Crippen LogP contribution in [0.25, 0.3) is 22.4 Å². The van der Waals surface area contributed by atoms with Gasteiger partial charge in [0.25, 0.3) is 11.1 Å². The van der Waals surface area contributed by atoms with Gasteiger partial charge in [-0.1, -0.05) is 36.0 Å². The fourth-order valence-corrected chi connectivity index (χ4v) is 3.51. The maximum absolute atomic E-state index is 5.82. The van der Waals surface area contributed by atoms with Gasteiger partial charge >= 0.3 is 0 Å². The quantitative estimate of drug-likeness (QED) is 0.555. The molecular formula is C18H13N3O3S. The third-order valence-electron chi connectivity index (χ3n) is 4.03. The highest BCUT2D eigenvalue weighted by molar-refractivity contribution is 7.98. The number of aromatic amines is 1. The summed E-state index contributed by atoms with van der Waals surface area (Å²) in [5.41, 5.74) is 3.07. The molecule has 2 aromatic heterocycles. The second kappa shape index (κ2) is 5.86. The highest BCUT2D eigenvalue weighted by Gasteiger charge is 2.15. The number of nitrogens with one attached hydrogen (secondary N) is 1. The zero-order chi connectivity index (χ0) is 16.6. The number of para-hydroxylation sites is 1. The molecule has 0 unspecified atom stereocenters. The zero-order valence-corrected chi connectivity index (χ0v) is 13.9. The molecule has 0 fully saturated rings. The molecule has 0 amide bonds. The van der Waals surface area contributed by atoms with E-state index in [1.165, 1.54) is 11.8 Å². The molecule has 1 aliphatic heterocycles. The van der Waals surface area contributed by atoms with Crippen molar-refractivity contribution in [2.75, 3.05) is 6.79 Å². The van der Waals surface area contributed by atoms with E-state index >= 15 is 0 Å². The molecule has 0 atom stereocenters. The van der Waals surface area contributed by atoms with Crippen molar-refractivity contribution in [3.8, 4) is 23.0 Å². The van der Waals surface area contributed by atoms with Gasteiger partial charge in [0.15, 0.2) is 11.5 Å². The summed E-state index contributed by atoms with van der Waals surface area (Å²) in [7, 11) is 0. The van der Waals surface area contributed by atoms with Crippen molar-refractivity contribution < 1.29 is 13.9 Å². The van der Waals surface area contributed by atoms with Gasteiger partial charge in [0, 0.05) is 22.9 Å². The van der Waals surface area contributed by atoms with Gasteiger partial charge in [0.2, 0.25) is 6.79 Å². The van der Waals surface area contributed by atoms with Crippen LogP contribution in [0.5, 0.6) is 11.5 Å². The third-order valence-corrected chi connectivity index (χ3v) is 4.92. The number of nitrogens with zero attached hydrogens (tertiary/aromatic N) is 2. The molecule has 25 heavy (non-hydrogen) atoms. The number of hydrogen-bond donors (Lipinski definition) is 1. The normalized spacial score (nSPS) is 12.8. The Morgan fingerprint density at radius 1 is 1.04 bits per heavy atom. The van der Waals surface area contributed by atoms with Gasteiger partial charge in [-0.3, -0.25) is 0 Å². The van der Waals surface area contributed by atoms with Crippen LogP contribution in [0.4, 0.5) is 0 Å². The standard InChI is InChI=1S/C18H13N3O3S/c1-2-4-14-12(3-1)13(8-19-14)17-20-21-18(24-17)25-9-11-5-6-15-16(7-11)23-10-22-15/h1-8,19H,9-10H2. The lowest BCUT2D eigenvalue weighted by Crippen LogP contribution is -1.92. The first-order chi connectivity index (χ1) is 12.4. The van der Waals surface area contributed by atoms with Crippen molar-refractivity contribution in [2.24, 2.45) is 0 Å². The Hall–Kier alpha value is -2.93. The predicted octanol–water partition coefficient (Wildman–Crippen LogP) is 4.24. The Labute approximate surface area is 147 Å². The second-order valence-electron chi connectivity index (χ2n) is 5.60. The minimum atomic E-state index is 0.281. The van der Waals surface area contributed by atoms with Crippen LogP contribution in [0.2, 0.25) is 0 Å². The molecule has 0 aliphatic carbocycles. The van der Waals surface area contributed by atoms with Crippen LogP contribution in [0.15, 0.2) is 58.3 Å². The molecule has 4 aromatic rings. The van der Waals surface area contributed by atoms with Crippen molar-refractivity contribution >= 4 is 22.7 Å². The van der Waals surface area contributed by atoms with Crippen molar-refractivity contribution in [1.29, 1.82) is 0 Å². The van der Waals surface area contributed by atoms with Crippen LogP contribution in [-0.4, -0.2) is 22.0 Å². The Bertz CT molecular complexity index is 1060. The number of benzene rings is 2. The van der Waals surface area contributed by atoms with E-state index in [9.17, 15) is 0 Å². The summed E-state index contributed by atoms with van der Waals surface area (Å²) in [5, 5.41) is 9.93. The molecule has 0 bridgehead atoms. The lowest BCUT2D eigenvalue weighted by molar-refractivity contribution is 0.174. The van der Waals surface area contributed by atoms with E-state index in [0.29, 0.717) is 16.9 Å². The van der Waals surface area contributed by atoms with E-state index < -0.39 is 0 Å². The number of fused-ring (bicyclic) bond motifs is 2. The number of thioether (sulfide) groups is 1. The number of H-pyrrole nitrogens is 1. The topological polar surface area (TPSA) is 73.2 Å². The van der Waals surface area contributed by atoms with Gasteiger partial charge in [-0.25, -0.2) is 0 Å². The highest BCUT2D eigenvalue weighted by atomic mass is 32.2. The SMILES string of the molecule is c1ccc2c(-c3nnc(SCc4ccc5c(c4)OCO5)o3)c[nH]c2c1. The molecule has 124 valence electrons. The largest absolute Gasteiger partial charge is 0.454 e. The number of hydrogen-bond acceptors (Lipinski definition) is 6. The Balaban J connectivity index is 1.35. The van der Waals surface area contributed by atoms with Gasteiger partial charge in [-0.05, 0) is 23.8 Å². The van der Waals surface area contributed by atoms with E-state index in [0.717, 1.165) is 33.5 Å². The van der Waals surface area contributed by atoms with Crippen LogP contribution in [0.3, 0.4) is 0 Å². The summed E-state index contributed by atoms with van der Waals surface area (Å²) in [5.74, 6) is 2.80. The molecule has 1 aliphatic rings. The fraction of sp³-hybridized carbons (Fsp3) is 0.111. The average Bonchev–Trinajstić information content (AvgIpc) is 3.37. The van der Waals surface area contributed by atoms with E-state index in [-0.39, 0.29) is 6.79 Å². The van der Waals surface area contributed by atoms with Crippen LogP contribution in [0, 0.1) is 0 Å². The monoisotopic (exact) mass is 351 g/mol. The summed E-state index contributed by atoms with van der Waals surface area (Å²) in [6, 6.07) is 13.9. The molecule has 6 nitrogen and oxygen atoms in total. The van der Waals surface area contributed by atoms with Crippen molar-refractivity contribution in [1.82, 2.24) is 15.2 Å². The first-order valence-electron chi connectivity index (χ1n) is 7.78. The fourth-order valence-electron chi connectivity index (χ4n) is 2.80. The zero-order valence-electron chi connectivity index (χ0n) is 13.1. The molecule has 0 radical (unpaired) electrons. The molecule has 0 spiro atoms. The maximum atomic E-state index is 5.82. The lowest BCUT2D eigenvalue weighted by atomic mass is 10.2. The van der Waals surface area contributed by atoms with E-state index in [1.54, 1.807) is 0 Å². The van der Waals surface area contributed by atoms with E-state index in [4.69, 9.17) is 13.9 Å². The maximum Gasteiger partial charge on any atom is 0.277 e. The summed E-state index contributed by atoms with van der Waals surface area (Å²) in [6.07, 6.45) is 1.89. The summed E-state index contributed by atoms with van der Waals surface area (Å²) in [4.78, 5) is 3.22. The third kappa shape index (κ3) is 2.62. The van der Waals surface area contributed by atoms with Crippen molar-refractivity contribution in [3.63, 3.8) is 0 Å². The molecule has 1 N–H and O–H groups in total. The van der Waals surface area contributed by atoms with Gasteiger partial charge in [0.1, 0.15) is 0 Å². The lowest BCUT2D eigenvalue weighted by Gasteiger charge is -2.00. The van der Waals surface area contributed by atoms with Crippen LogP contribution >= 0.6 is 11.8 Å². The van der Waals surface area contributed by atoms with Gasteiger partial charge in [0.05, 0.1) is 5.56 Å². The average molecular weight is 351 g/mol. The first kappa shape index (κ1) is 14.4. The predicted molar refractivity (Wildman–Crippen MR) is 93.7 cm³/mol. The van der Waals surface area contributed by atoms with E-state index in [1.807, 2.05) is 48.7 Å². The Kier molecular flexibility index (Phi) is 3.38. The second-order valence-corrected chi connectivity index (χ2v) is 6.52. The van der Waals surface area contributed by atoms with Crippen LogP contribution < -0.4 is 9.47 Å². The minimum absolute atomic E-state index is 0.281. The van der Waals surface area contributed by atoms with Gasteiger partial charge in [-0.2, -0.15) is 0 Å². The van der Waals surface area contributed by atoms with Gasteiger partial charge < -0.3 is 18.9 Å².